The van der Waals surface area contributed by atoms with Crippen LogP contribution in [-0.4, -0.2) is 31.6 Å². The molecule has 0 aliphatic heterocycles. The molecule has 6 nitrogen and oxygen atoms in total. The van der Waals surface area contributed by atoms with E-state index in [-0.39, 0.29) is 24.0 Å². The van der Waals surface area contributed by atoms with Gasteiger partial charge >= 0.3 is 0 Å². The van der Waals surface area contributed by atoms with Crippen LogP contribution in [0.1, 0.15) is 19.4 Å². The van der Waals surface area contributed by atoms with E-state index in [2.05, 4.69) is 34.5 Å². The third-order valence-corrected chi connectivity index (χ3v) is 3.42. The highest BCUT2D eigenvalue weighted by Crippen LogP contribution is 2.23. The Balaban J connectivity index is 0.00000338. The fraction of sp³-hybridized carbons (Fsp3) is 0.368. The van der Waals surface area contributed by atoms with Crippen LogP contribution in [0.3, 0.4) is 0 Å². The maximum atomic E-state index is 5.74. The summed E-state index contributed by atoms with van der Waals surface area (Å²) in [5, 5.41) is 6.54. The van der Waals surface area contributed by atoms with Crippen LogP contribution in [-0.2, 0) is 6.54 Å². The number of pyridine rings is 1. The topological polar surface area (TPSA) is 67.8 Å². The molecule has 2 aromatic rings. The molecule has 0 spiro atoms. The number of methoxy groups -OCH3 is 1. The molecule has 0 unspecified atom stereocenters. The SMILES string of the molecule is CN=C(NCc1ccc(Oc2cccc(OC)c2)nc1)NCC(C)C.I. The molecule has 0 saturated carbocycles. The van der Waals surface area contributed by atoms with Gasteiger partial charge in [-0.1, -0.05) is 26.0 Å². The summed E-state index contributed by atoms with van der Waals surface area (Å²) in [6.07, 6.45) is 1.79. The van der Waals surface area contributed by atoms with Crippen molar-refractivity contribution in [3.63, 3.8) is 0 Å². The molecule has 1 aromatic heterocycles. The van der Waals surface area contributed by atoms with Crippen molar-refractivity contribution in [2.45, 2.75) is 20.4 Å². The normalized spacial score (nSPS) is 10.9. The number of ether oxygens (including phenoxy) is 2. The second-order valence-electron chi connectivity index (χ2n) is 5.99. The van der Waals surface area contributed by atoms with Gasteiger partial charge in [-0.2, -0.15) is 0 Å². The molecular weight excluding hydrogens is 443 g/mol. The highest BCUT2D eigenvalue weighted by atomic mass is 127. The molecule has 1 heterocycles. The van der Waals surface area contributed by atoms with Gasteiger partial charge in [-0.25, -0.2) is 4.98 Å². The number of nitrogens with zero attached hydrogens (tertiary/aromatic N) is 2. The van der Waals surface area contributed by atoms with Crippen LogP contribution < -0.4 is 20.1 Å². The molecule has 0 radical (unpaired) electrons. The van der Waals surface area contributed by atoms with E-state index in [1.807, 2.05) is 36.4 Å². The molecule has 0 aliphatic carbocycles. The molecule has 0 aliphatic rings. The summed E-state index contributed by atoms with van der Waals surface area (Å²) in [7, 11) is 3.39. The van der Waals surface area contributed by atoms with E-state index in [1.54, 1.807) is 20.4 Å². The predicted octanol–water partition coefficient (Wildman–Crippen LogP) is 3.82. The molecule has 0 fully saturated rings. The highest BCUT2D eigenvalue weighted by molar-refractivity contribution is 14.0. The average Bonchev–Trinajstić information content (AvgIpc) is 2.63. The number of hydrogen-bond acceptors (Lipinski definition) is 4. The number of halogens is 1. The molecular formula is C19H27IN4O2. The second kappa shape index (κ2) is 11.6. The van der Waals surface area contributed by atoms with E-state index >= 15 is 0 Å². The predicted molar refractivity (Wildman–Crippen MR) is 116 cm³/mol. The molecule has 0 atom stereocenters. The molecule has 142 valence electrons. The fourth-order valence-electron chi connectivity index (χ4n) is 2.07. The number of aromatic nitrogens is 1. The molecule has 0 bridgehead atoms. The van der Waals surface area contributed by atoms with E-state index in [0.717, 1.165) is 23.8 Å². The number of benzene rings is 1. The molecule has 2 rings (SSSR count). The summed E-state index contributed by atoms with van der Waals surface area (Å²) < 4.78 is 10.9. The van der Waals surface area contributed by atoms with Crippen molar-refractivity contribution in [2.24, 2.45) is 10.9 Å². The minimum Gasteiger partial charge on any atom is -0.497 e. The molecule has 26 heavy (non-hydrogen) atoms. The average molecular weight is 470 g/mol. The van der Waals surface area contributed by atoms with Crippen LogP contribution in [0.2, 0.25) is 0 Å². The van der Waals surface area contributed by atoms with Gasteiger partial charge in [0.1, 0.15) is 11.5 Å². The van der Waals surface area contributed by atoms with Gasteiger partial charge in [-0.15, -0.1) is 24.0 Å². The number of hydrogen-bond donors (Lipinski definition) is 2. The van der Waals surface area contributed by atoms with Crippen molar-refractivity contribution in [1.29, 1.82) is 0 Å². The van der Waals surface area contributed by atoms with E-state index in [9.17, 15) is 0 Å². The Labute approximate surface area is 172 Å². The first-order valence-corrected chi connectivity index (χ1v) is 8.32. The Morgan fingerprint density at radius 3 is 2.54 bits per heavy atom. The highest BCUT2D eigenvalue weighted by Gasteiger charge is 2.03. The minimum absolute atomic E-state index is 0. The first-order valence-electron chi connectivity index (χ1n) is 8.32. The summed E-state index contributed by atoms with van der Waals surface area (Å²) in [5.41, 5.74) is 1.05. The molecule has 0 saturated heterocycles. The number of nitrogens with one attached hydrogen (secondary N) is 2. The van der Waals surface area contributed by atoms with E-state index in [0.29, 0.717) is 24.1 Å². The van der Waals surface area contributed by atoms with Gasteiger partial charge in [0.2, 0.25) is 5.88 Å². The molecule has 1 aromatic carbocycles. The van der Waals surface area contributed by atoms with Crippen molar-refractivity contribution in [3.8, 4) is 17.4 Å². The lowest BCUT2D eigenvalue weighted by Gasteiger charge is -2.13. The van der Waals surface area contributed by atoms with Gasteiger partial charge in [0.05, 0.1) is 7.11 Å². The smallest absolute Gasteiger partial charge is 0.219 e. The van der Waals surface area contributed by atoms with Crippen molar-refractivity contribution < 1.29 is 9.47 Å². The first kappa shape index (κ1) is 22.0. The summed E-state index contributed by atoms with van der Waals surface area (Å²) in [5.74, 6) is 3.33. The van der Waals surface area contributed by atoms with Gasteiger partial charge in [-0.05, 0) is 23.6 Å². The van der Waals surface area contributed by atoms with Crippen LogP contribution in [0.4, 0.5) is 0 Å². The number of guanidine groups is 1. The van der Waals surface area contributed by atoms with Gasteiger partial charge in [0.25, 0.3) is 0 Å². The van der Waals surface area contributed by atoms with Gasteiger partial charge in [0, 0.05) is 38.5 Å². The van der Waals surface area contributed by atoms with Crippen LogP contribution in [0.25, 0.3) is 0 Å². The Morgan fingerprint density at radius 1 is 1.15 bits per heavy atom. The monoisotopic (exact) mass is 470 g/mol. The van der Waals surface area contributed by atoms with E-state index in [1.165, 1.54) is 0 Å². The molecule has 7 heteroatoms. The third kappa shape index (κ3) is 7.47. The standard InChI is InChI=1S/C19H26N4O2.HI/c1-14(2)11-22-19(20-3)23-13-15-8-9-18(21-12-15)25-17-7-5-6-16(10-17)24-4;/h5-10,12,14H,11,13H2,1-4H3,(H2,20,22,23);1H. The lowest BCUT2D eigenvalue weighted by Crippen LogP contribution is -2.38. The van der Waals surface area contributed by atoms with Crippen LogP contribution >= 0.6 is 24.0 Å². The van der Waals surface area contributed by atoms with Gasteiger partial charge in [-0.3, -0.25) is 4.99 Å². The maximum absolute atomic E-state index is 5.74. The maximum Gasteiger partial charge on any atom is 0.219 e. The zero-order valence-corrected chi connectivity index (χ0v) is 18.0. The second-order valence-corrected chi connectivity index (χ2v) is 5.99. The van der Waals surface area contributed by atoms with Crippen molar-refractivity contribution in [3.05, 3.63) is 48.2 Å². The lowest BCUT2D eigenvalue weighted by atomic mass is 10.2. The minimum atomic E-state index is 0. The van der Waals surface area contributed by atoms with E-state index < -0.39 is 0 Å². The Kier molecular flexibility index (Phi) is 9.79. The Bertz CT molecular complexity index is 690. The van der Waals surface area contributed by atoms with Crippen molar-refractivity contribution in [2.75, 3.05) is 20.7 Å². The summed E-state index contributed by atoms with van der Waals surface area (Å²) >= 11 is 0. The zero-order valence-electron chi connectivity index (χ0n) is 15.7. The summed E-state index contributed by atoms with van der Waals surface area (Å²) in [6, 6.07) is 11.3. The Hall–Kier alpha value is -2.03. The summed E-state index contributed by atoms with van der Waals surface area (Å²) in [4.78, 5) is 8.55. The van der Waals surface area contributed by atoms with Gasteiger partial charge < -0.3 is 20.1 Å². The number of aliphatic imine (C=N–C) groups is 1. The third-order valence-electron chi connectivity index (χ3n) is 3.42. The zero-order chi connectivity index (χ0) is 18.1. The molecule has 0 amide bonds. The summed E-state index contributed by atoms with van der Waals surface area (Å²) in [6.45, 7) is 5.84. The molecule has 2 N–H and O–H groups in total. The van der Waals surface area contributed by atoms with E-state index in [4.69, 9.17) is 9.47 Å². The van der Waals surface area contributed by atoms with Crippen LogP contribution in [0.15, 0.2) is 47.6 Å². The quantitative estimate of drug-likeness (QED) is 0.366. The fourth-order valence-corrected chi connectivity index (χ4v) is 2.07. The van der Waals surface area contributed by atoms with Crippen LogP contribution in [0, 0.1) is 5.92 Å². The van der Waals surface area contributed by atoms with Gasteiger partial charge in [0.15, 0.2) is 5.96 Å². The number of rotatable bonds is 7. The Morgan fingerprint density at radius 2 is 1.92 bits per heavy atom. The first-order chi connectivity index (χ1) is 12.1. The largest absolute Gasteiger partial charge is 0.497 e. The van der Waals surface area contributed by atoms with Crippen LogP contribution in [0.5, 0.6) is 17.4 Å². The lowest BCUT2D eigenvalue weighted by molar-refractivity contribution is 0.407. The van der Waals surface area contributed by atoms with Crippen molar-refractivity contribution >= 4 is 29.9 Å². The van der Waals surface area contributed by atoms with Crippen molar-refractivity contribution in [1.82, 2.24) is 15.6 Å².